The molecule has 1 N–H and O–H groups in total. The van der Waals surface area contributed by atoms with Gasteiger partial charge in [-0.2, -0.15) is 0 Å². The van der Waals surface area contributed by atoms with E-state index in [4.69, 9.17) is 14.2 Å². The summed E-state index contributed by atoms with van der Waals surface area (Å²) in [4.78, 5) is 28.0. The minimum Gasteiger partial charge on any atom is -0.497 e. The van der Waals surface area contributed by atoms with Crippen LogP contribution in [0.1, 0.15) is 5.56 Å². The maximum Gasteiger partial charge on any atom is 0.282 e. The van der Waals surface area contributed by atoms with Crippen LogP contribution < -0.4 is 24.4 Å². The SMILES string of the molecule is COc1ccc(N2C(=O)C(Nc3cc(OC)cc(OC)c3)=C(c3ccc(F)cc3)C2=O)cc1. The van der Waals surface area contributed by atoms with Crippen molar-refractivity contribution in [3.05, 3.63) is 83.8 Å². The van der Waals surface area contributed by atoms with E-state index in [0.717, 1.165) is 4.90 Å². The van der Waals surface area contributed by atoms with Crippen molar-refractivity contribution in [2.75, 3.05) is 31.5 Å². The van der Waals surface area contributed by atoms with Gasteiger partial charge in [0.15, 0.2) is 0 Å². The minimum absolute atomic E-state index is 0.0535. The number of halogens is 1. The molecule has 0 saturated heterocycles. The summed E-state index contributed by atoms with van der Waals surface area (Å²) in [5, 5.41) is 3.05. The maximum atomic E-state index is 13.5. The van der Waals surface area contributed by atoms with Gasteiger partial charge in [0.25, 0.3) is 11.8 Å². The predicted octanol–water partition coefficient (Wildman–Crippen LogP) is 4.25. The molecule has 4 rings (SSSR count). The lowest BCUT2D eigenvalue weighted by Gasteiger charge is -2.16. The second-order valence-corrected chi connectivity index (χ2v) is 7.13. The van der Waals surface area contributed by atoms with E-state index in [1.807, 2.05) is 0 Å². The molecule has 0 saturated carbocycles. The molecule has 2 amide bonds. The highest BCUT2D eigenvalue weighted by molar-refractivity contribution is 6.46. The molecule has 0 aromatic heterocycles. The number of methoxy groups -OCH3 is 3. The van der Waals surface area contributed by atoms with Gasteiger partial charge in [-0.25, -0.2) is 9.29 Å². The van der Waals surface area contributed by atoms with Gasteiger partial charge in [0, 0.05) is 23.9 Å². The highest BCUT2D eigenvalue weighted by Gasteiger charge is 2.40. The van der Waals surface area contributed by atoms with Gasteiger partial charge in [-0.3, -0.25) is 9.59 Å². The van der Waals surface area contributed by atoms with E-state index in [1.165, 1.54) is 45.6 Å². The lowest BCUT2D eigenvalue weighted by atomic mass is 10.0. The summed E-state index contributed by atoms with van der Waals surface area (Å²) in [5.41, 5.74) is 1.45. The van der Waals surface area contributed by atoms with Crippen LogP contribution in [0.2, 0.25) is 0 Å². The fourth-order valence-corrected chi connectivity index (χ4v) is 3.52. The summed E-state index contributed by atoms with van der Waals surface area (Å²) < 4.78 is 29.3. The van der Waals surface area contributed by atoms with E-state index >= 15 is 0 Å². The molecule has 0 spiro atoms. The molecule has 0 atom stereocenters. The van der Waals surface area contributed by atoms with Crippen LogP contribution in [-0.2, 0) is 9.59 Å². The number of carbonyl (C=O) groups excluding carboxylic acids is 2. The normalized spacial score (nSPS) is 13.4. The van der Waals surface area contributed by atoms with Crippen molar-refractivity contribution in [3.8, 4) is 17.2 Å². The Bertz CT molecular complexity index is 1210. The van der Waals surface area contributed by atoms with Crippen molar-refractivity contribution in [1.29, 1.82) is 0 Å². The van der Waals surface area contributed by atoms with Gasteiger partial charge in [-0.15, -0.1) is 0 Å². The Balaban J connectivity index is 1.81. The third-order valence-electron chi connectivity index (χ3n) is 5.17. The van der Waals surface area contributed by atoms with Gasteiger partial charge in [-0.1, -0.05) is 12.1 Å². The predicted molar refractivity (Wildman–Crippen MR) is 122 cm³/mol. The van der Waals surface area contributed by atoms with Gasteiger partial charge >= 0.3 is 0 Å². The number of amides is 2. The van der Waals surface area contributed by atoms with Gasteiger partial charge < -0.3 is 19.5 Å². The van der Waals surface area contributed by atoms with Crippen LogP contribution in [0.5, 0.6) is 17.2 Å². The first-order valence-electron chi connectivity index (χ1n) is 9.98. The Kier molecular flexibility index (Phi) is 5.99. The average Bonchev–Trinajstić information content (AvgIpc) is 3.08. The van der Waals surface area contributed by atoms with Gasteiger partial charge in [-0.05, 0) is 42.0 Å². The Morgan fingerprint density at radius 2 is 1.30 bits per heavy atom. The van der Waals surface area contributed by atoms with Crippen molar-refractivity contribution in [2.24, 2.45) is 0 Å². The first-order valence-corrected chi connectivity index (χ1v) is 9.98. The topological polar surface area (TPSA) is 77.1 Å². The second-order valence-electron chi connectivity index (χ2n) is 7.13. The van der Waals surface area contributed by atoms with Crippen LogP contribution in [0, 0.1) is 5.82 Å². The zero-order valence-corrected chi connectivity index (χ0v) is 18.2. The van der Waals surface area contributed by atoms with Crippen LogP contribution in [0.25, 0.3) is 5.57 Å². The third kappa shape index (κ3) is 4.23. The Morgan fingerprint density at radius 3 is 1.85 bits per heavy atom. The first-order chi connectivity index (χ1) is 15.9. The monoisotopic (exact) mass is 448 g/mol. The van der Waals surface area contributed by atoms with Crippen molar-refractivity contribution >= 4 is 28.8 Å². The summed E-state index contributed by atoms with van der Waals surface area (Å²) >= 11 is 0. The molecule has 7 nitrogen and oxygen atoms in total. The summed E-state index contributed by atoms with van der Waals surface area (Å²) in [6.45, 7) is 0. The molecule has 3 aromatic carbocycles. The molecule has 33 heavy (non-hydrogen) atoms. The van der Waals surface area contributed by atoms with E-state index in [0.29, 0.717) is 34.2 Å². The first kappa shape index (κ1) is 21.9. The molecule has 3 aromatic rings. The summed E-state index contributed by atoms with van der Waals surface area (Å²) in [7, 11) is 4.55. The van der Waals surface area contributed by atoms with Crippen LogP contribution in [0.4, 0.5) is 15.8 Å². The second kappa shape index (κ2) is 9.04. The minimum atomic E-state index is -0.550. The largest absolute Gasteiger partial charge is 0.497 e. The van der Waals surface area contributed by atoms with Crippen molar-refractivity contribution < 1.29 is 28.2 Å². The molecular weight excluding hydrogens is 427 g/mol. The fraction of sp³-hybridized carbons (Fsp3) is 0.120. The molecule has 168 valence electrons. The number of anilines is 2. The Labute approximate surface area is 190 Å². The van der Waals surface area contributed by atoms with E-state index in [2.05, 4.69) is 5.32 Å². The number of hydrogen-bond acceptors (Lipinski definition) is 6. The number of benzene rings is 3. The van der Waals surface area contributed by atoms with E-state index in [9.17, 15) is 14.0 Å². The number of rotatable bonds is 7. The lowest BCUT2D eigenvalue weighted by Crippen LogP contribution is -2.32. The van der Waals surface area contributed by atoms with E-state index in [1.54, 1.807) is 42.5 Å². The molecule has 0 aliphatic carbocycles. The number of nitrogens with one attached hydrogen (secondary N) is 1. The zero-order valence-electron chi connectivity index (χ0n) is 18.2. The van der Waals surface area contributed by atoms with E-state index in [-0.39, 0.29) is 11.3 Å². The van der Waals surface area contributed by atoms with Crippen LogP contribution in [-0.4, -0.2) is 33.1 Å². The van der Waals surface area contributed by atoms with Gasteiger partial charge in [0.2, 0.25) is 0 Å². The number of ether oxygens (including phenoxy) is 3. The van der Waals surface area contributed by atoms with Gasteiger partial charge in [0.05, 0.1) is 32.6 Å². The number of nitrogens with zero attached hydrogens (tertiary/aromatic N) is 1. The number of carbonyl (C=O) groups is 2. The molecule has 1 aliphatic rings. The van der Waals surface area contributed by atoms with Crippen molar-refractivity contribution in [1.82, 2.24) is 0 Å². The smallest absolute Gasteiger partial charge is 0.282 e. The summed E-state index contributed by atoms with van der Waals surface area (Å²) in [5.74, 6) is 0.0658. The Morgan fingerprint density at radius 1 is 0.727 bits per heavy atom. The summed E-state index contributed by atoms with van der Waals surface area (Å²) in [6.07, 6.45) is 0. The Hall–Kier alpha value is -4.33. The molecule has 0 bridgehead atoms. The lowest BCUT2D eigenvalue weighted by molar-refractivity contribution is -0.120. The number of hydrogen-bond donors (Lipinski definition) is 1. The van der Waals surface area contributed by atoms with Crippen molar-refractivity contribution in [3.63, 3.8) is 0 Å². The fourth-order valence-electron chi connectivity index (χ4n) is 3.52. The highest BCUT2D eigenvalue weighted by Crippen LogP contribution is 2.35. The zero-order chi connectivity index (χ0) is 23.5. The van der Waals surface area contributed by atoms with Crippen LogP contribution in [0.15, 0.2) is 72.4 Å². The van der Waals surface area contributed by atoms with E-state index < -0.39 is 17.6 Å². The standard InChI is InChI=1S/C25H21FN2O5/c1-31-19-10-8-18(9-11-19)28-24(29)22(15-4-6-16(26)7-5-15)23(25(28)30)27-17-12-20(32-2)14-21(13-17)33-3/h4-14,27H,1-3H3. The van der Waals surface area contributed by atoms with Gasteiger partial charge in [0.1, 0.15) is 28.8 Å². The molecule has 1 aliphatic heterocycles. The van der Waals surface area contributed by atoms with Crippen LogP contribution in [0.3, 0.4) is 0 Å². The van der Waals surface area contributed by atoms with Crippen molar-refractivity contribution in [2.45, 2.75) is 0 Å². The molecule has 0 radical (unpaired) electrons. The number of imide groups is 1. The highest BCUT2D eigenvalue weighted by atomic mass is 19.1. The molecule has 0 fully saturated rings. The average molecular weight is 448 g/mol. The molecular formula is C25H21FN2O5. The molecule has 1 heterocycles. The molecule has 8 heteroatoms. The summed E-state index contributed by atoms with van der Waals surface area (Å²) in [6, 6.07) is 17.0. The van der Waals surface area contributed by atoms with Crippen LogP contribution >= 0.6 is 0 Å². The maximum absolute atomic E-state index is 13.5. The quantitative estimate of drug-likeness (QED) is 0.545. The molecule has 0 unspecified atom stereocenters. The third-order valence-corrected chi connectivity index (χ3v) is 5.17.